The smallest absolute Gasteiger partial charge is 0.422 e. The Morgan fingerprint density at radius 1 is 1.41 bits per heavy atom. The molecular formula is C11H12F3NO2. The number of halogens is 3. The largest absolute Gasteiger partial charge is 0.483 e. The Kier molecular flexibility index (Phi) is 3.98. The van der Waals surface area contributed by atoms with Gasteiger partial charge in [0.2, 0.25) is 0 Å². The third-order valence-corrected chi connectivity index (χ3v) is 2.07. The quantitative estimate of drug-likeness (QED) is 0.506. The third kappa shape index (κ3) is 3.97. The average molecular weight is 247 g/mol. The standard InChI is InChI=1S/C11H12F3NO2/c1-7-3-4-10(17-6-11(12,13)14)9(5-7)8(2)15-16/h3-5,16H,6H2,1-2H3/b15-8+. The summed E-state index contributed by atoms with van der Waals surface area (Å²) in [5.41, 5.74) is 1.38. The molecule has 1 rings (SSSR count). The maximum atomic E-state index is 12.0. The second-order valence-corrected chi connectivity index (χ2v) is 3.59. The molecule has 0 saturated carbocycles. The summed E-state index contributed by atoms with van der Waals surface area (Å²) in [6, 6.07) is 4.64. The van der Waals surface area contributed by atoms with Gasteiger partial charge in [-0.15, -0.1) is 0 Å². The molecule has 0 aliphatic rings. The molecule has 0 bridgehead atoms. The SMILES string of the molecule is C/C(=N\O)c1cc(C)ccc1OCC(F)(F)F. The van der Waals surface area contributed by atoms with Gasteiger partial charge in [-0.25, -0.2) is 0 Å². The lowest BCUT2D eigenvalue weighted by Crippen LogP contribution is -2.20. The predicted molar refractivity (Wildman–Crippen MR) is 56.7 cm³/mol. The summed E-state index contributed by atoms with van der Waals surface area (Å²) in [6.07, 6.45) is -4.40. The second-order valence-electron chi connectivity index (χ2n) is 3.59. The zero-order valence-corrected chi connectivity index (χ0v) is 9.38. The number of ether oxygens (including phenoxy) is 1. The summed E-state index contributed by atoms with van der Waals surface area (Å²) in [6.45, 7) is 1.89. The maximum Gasteiger partial charge on any atom is 0.422 e. The van der Waals surface area contributed by atoms with Crippen molar-refractivity contribution < 1.29 is 23.1 Å². The van der Waals surface area contributed by atoms with Gasteiger partial charge in [0.15, 0.2) is 6.61 Å². The lowest BCUT2D eigenvalue weighted by molar-refractivity contribution is -0.153. The lowest BCUT2D eigenvalue weighted by atomic mass is 10.1. The van der Waals surface area contributed by atoms with Crippen LogP contribution in [0.4, 0.5) is 13.2 Å². The minimum absolute atomic E-state index is 0.0447. The Morgan fingerprint density at radius 3 is 2.59 bits per heavy atom. The minimum atomic E-state index is -4.40. The van der Waals surface area contributed by atoms with Gasteiger partial charge in [0.05, 0.1) is 5.71 Å². The minimum Gasteiger partial charge on any atom is -0.483 e. The van der Waals surface area contributed by atoms with E-state index in [9.17, 15) is 13.2 Å². The number of rotatable bonds is 3. The lowest BCUT2D eigenvalue weighted by Gasteiger charge is -2.13. The van der Waals surface area contributed by atoms with Crippen LogP contribution >= 0.6 is 0 Å². The molecule has 0 radical (unpaired) electrons. The molecule has 0 aromatic heterocycles. The molecule has 0 amide bonds. The Bertz CT molecular complexity index is 427. The van der Waals surface area contributed by atoms with Crippen LogP contribution < -0.4 is 4.74 Å². The van der Waals surface area contributed by atoms with Gasteiger partial charge in [-0.1, -0.05) is 16.8 Å². The van der Waals surface area contributed by atoms with Crippen molar-refractivity contribution in [2.45, 2.75) is 20.0 Å². The molecule has 0 aliphatic carbocycles. The first-order valence-corrected chi connectivity index (χ1v) is 4.82. The van der Waals surface area contributed by atoms with Gasteiger partial charge in [-0.05, 0) is 26.0 Å². The van der Waals surface area contributed by atoms with Crippen molar-refractivity contribution >= 4 is 5.71 Å². The van der Waals surface area contributed by atoms with Gasteiger partial charge in [0.25, 0.3) is 0 Å². The van der Waals surface area contributed by atoms with Crippen LogP contribution in [0, 0.1) is 6.92 Å². The van der Waals surface area contributed by atoms with Crippen molar-refractivity contribution in [1.29, 1.82) is 0 Å². The first kappa shape index (κ1) is 13.3. The van der Waals surface area contributed by atoms with Crippen molar-refractivity contribution in [3.63, 3.8) is 0 Å². The van der Waals surface area contributed by atoms with E-state index in [1.807, 2.05) is 0 Å². The van der Waals surface area contributed by atoms with Crippen molar-refractivity contribution in [2.24, 2.45) is 5.16 Å². The van der Waals surface area contributed by atoms with Gasteiger partial charge >= 0.3 is 6.18 Å². The topological polar surface area (TPSA) is 41.8 Å². The maximum absolute atomic E-state index is 12.0. The molecule has 1 aromatic carbocycles. The molecule has 17 heavy (non-hydrogen) atoms. The number of hydrogen-bond acceptors (Lipinski definition) is 3. The highest BCUT2D eigenvalue weighted by Crippen LogP contribution is 2.24. The first-order valence-electron chi connectivity index (χ1n) is 4.82. The van der Waals surface area contributed by atoms with Gasteiger partial charge < -0.3 is 9.94 Å². The van der Waals surface area contributed by atoms with Crippen LogP contribution in [0.5, 0.6) is 5.75 Å². The number of alkyl halides is 3. The number of nitrogens with zero attached hydrogens (tertiary/aromatic N) is 1. The summed E-state index contributed by atoms with van der Waals surface area (Å²) >= 11 is 0. The molecule has 0 heterocycles. The summed E-state index contributed by atoms with van der Waals surface area (Å²) in [5, 5.41) is 11.6. The van der Waals surface area contributed by atoms with E-state index in [1.54, 1.807) is 19.1 Å². The van der Waals surface area contributed by atoms with Crippen molar-refractivity contribution in [3.8, 4) is 5.75 Å². The van der Waals surface area contributed by atoms with E-state index < -0.39 is 12.8 Å². The van der Waals surface area contributed by atoms with Crippen molar-refractivity contribution in [3.05, 3.63) is 29.3 Å². The normalized spacial score (nSPS) is 12.6. The highest BCUT2D eigenvalue weighted by molar-refractivity contribution is 6.00. The predicted octanol–water partition coefficient (Wildman–Crippen LogP) is 3.13. The first-order chi connectivity index (χ1) is 7.83. The second kappa shape index (κ2) is 5.07. The molecule has 0 aliphatic heterocycles. The fraction of sp³-hybridized carbons (Fsp3) is 0.364. The average Bonchev–Trinajstić information content (AvgIpc) is 2.25. The van der Waals surface area contributed by atoms with E-state index in [4.69, 9.17) is 5.21 Å². The van der Waals surface area contributed by atoms with E-state index in [1.165, 1.54) is 13.0 Å². The molecule has 0 saturated heterocycles. The van der Waals surface area contributed by atoms with E-state index in [-0.39, 0.29) is 11.5 Å². The number of aryl methyl sites for hydroxylation is 1. The molecule has 0 spiro atoms. The molecule has 1 N–H and O–H groups in total. The summed E-state index contributed by atoms with van der Waals surface area (Å²) in [5.74, 6) is 0.0447. The third-order valence-electron chi connectivity index (χ3n) is 2.07. The Hall–Kier alpha value is -1.72. The molecule has 0 fully saturated rings. The summed E-state index contributed by atoms with van der Waals surface area (Å²) in [7, 11) is 0. The molecule has 6 heteroatoms. The van der Waals surface area contributed by atoms with Crippen molar-refractivity contribution in [1.82, 2.24) is 0 Å². The van der Waals surface area contributed by atoms with Crippen LogP contribution in [0.2, 0.25) is 0 Å². The van der Waals surface area contributed by atoms with Gasteiger partial charge in [-0.3, -0.25) is 0 Å². The molecule has 0 unspecified atom stereocenters. The van der Waals surface area contributed by atoms with Crippen LogP contribution in [0.3, 0.4) is 0 Å². The zero-order chi connectivity index (χ0) is 13.1. The highest BCUT2D eigenvalue weighted by Gasteiger charge is 2.28. The van der Waals surface area contributed by atoms with Gasteiger partial charge in [0, 0.05) is 5.56 Å². The van der Waals surface area contributed by atoms with Crippen molar-refractivity contribution in [2.75, 3.05) is 6.61 Å². The van der Waals surface area contributed by atoms with E-state index in [0.717, 1.165) is 5.56 Å². The van der Waals surface area contributed by atoms with Crippen LogP contribution in [-0.4, -0.2) is 23.7 Å². The van der Waals surface area contributed by atoms with E-state index in [2.05, 4.69) is 9.89 Å². The monoisotopic (exact) mass is 247 g/mol. The van der Waals surface area contributed by atoms with Crippen LogP contribution in [0.25, 0.3) is 0 Å². The summed E-state index contributed by atoms with van der Waals surface area (Å²) in [4.78, 5) is 0. The Balaban J connectivity index is 2.99. The number of benzene rings is 1. The van der Waals surface area contributed by atoms with Gasteiger partial charge in [-0.2, -0.15) is 13.2 Å². The zero-order valence-electron chi connectivity index (χ0n) is 9.38. The molecular weight excluding hydrogens is 235 g/mol. The van der Waals surface area contributed by atoms with Gasteiger partial charge in [0.1, 0.15) is 5.75 Å². The Labute approximate surface area is 96.5 Å². The fourth-order valence-electron chi connectivity index (χ4n) is 1.27. The van der Waals surface area contributed by atoms with Crippen LogP contribution in [0.1, 0.15) is 18.1 Å². The number of hydrogen-bond donors (Lipinski definition) is 1. The molecule has 94 valence electrons. The van der Waals surface area contributed by atoms with E-state index >= 15 is 0 Å². The highest BCUT2D eigenvalue weighted by atomic mass is 19.4. The Morgan fingerprint density at radius 2 is 2.06 bits per heavy atom. The fourth-order valence-corrected chi connectivity index (χ4v) is 1.27. The molecule has 3 nitrogen and oxygen atoms in total. The summed E-state index contributed by atoms with van der Waals surface area (Å²) < 4.78 is 40.8. The van der Waals surface area contributed by atoms with Crippen LogP contribution in [-0.2, 0) is 0 Å². The van der Waals surface area contributed by atoms with Crippen LogP contribution in [0.15, 0.2) is 23.4 Å². The number of oxime groups is 1. The molecule has 1 aromatic rings. The van der Waals surface area contributed by atoms with E-state index in [0.29, 0.717) is 5.56 Å². The molecule has 0 atom stereocenters.